The van der Waals surface area contributed by atoms with Crippen LogP contribution in [0.5, 0.6) is 0 Å². The van der Waals surface area contributed by atoms with Gasteiger partial charge in [0.2, 0.25) is 0 Å². The second kappa shape index (κ2) is 6.13. The number of para-hydroxylation sites is 1. The molecule has 3 rings (SSSR count). The zero-order chi connectivity index (χ0) is 13.9. The Bertz CT molecular complexity index is 593. The van der Waals surface area contributed by atoms with Crippen molar-refractivity contribution in [2.24, 2.45) is 5.92 Å². The lowest BCUT2D eigenvalue weighted by atomic mass is 9.85. The van der Waals surface area contributed by atoms with Crippen molar-refractivity contribution in [1.29, 1.82) is 0 Å². The fourth-order valence-corrected chi connectivity index (χ4v) is 3.29. The third-order valence-electron chi connectivity index (χ3n) is 4.31. The number of aromatic nitrogens is 1. The molecule has 0 aliphatic heterocycles. The highest BCUT2D eigenvalue weighted by molar-refractivity contribution is 9.08. The molecule has 0 atom stereocenters. The molecule has 1 aromatic heterocycles. The van der Waals surface area contributed by atoms with E-state index in [1.54, 1.807) is 0 Å². The lowest BCUT2D eigenvalue weighted by molar-refractivity contribution is 0.318. The molecule has 0 N–H and O–H groups in total. The molecule has 0 radical (unpaired) electrons. The van der Waals surface area contributed by atoms with E-state index in [1.807, 2.05) is 0 Å². The standard InChI is InChI=1S/C17H21BrN2/c1-2-20(12-13-6-5-7-13)17-15(11-18)10-14-8-3-4-9-16(14)19-17/h3-4,8-10,13H,2,5-7,11-12H2,1H3. The molecule has 2 nitrogen and oxygen atoms in total. The first-order valence-electron chi connectivity index (χ1n) is 7.51. The zero-order valence-electron chi connectivity index (χ0n) is 12.0. The van der Waals surface area contributed by atoms with Gasteiger partial charge in [-0.15, -0.1) is 0 Å². The van der Waals surface area contributed by atoms with E-state index in [4.69, 9.17) is 4.98 Å². The minimum Gasteiger partial charge on any atom is -0.356 e. The second-order valence-electron chi connectivity index (χ2n) is 5.63. The summed E-state index contributed by atoms with van der Waals surface area (Å²) in [6, 6.07) is 10.7. The fraction of sp³-hybridized carbons (Fsp3) is 0.471. The van der Waals surface area contributed by atoms with Crippen LogP contribution in [0.1, 0.15) is 31.7 Å². The van der Waals surface area contributed by atoms with Crippen LogP contribution in [0.25, 0.3) is 10.9 Å². The van der Waals surface area contributed by atoms with E-state index < -0.39 is 0 Å². The van der Waals surface area contributed by atoms with Crippen molar-refractivity contribution in [3.8, 4) is 0 Å². The monoisotopic (exact) mass is 332 g/mol. The molecule has 2 aromatic rings. The van der Waals surface area contributed by atoms with Gasteiger partial charge in [-0.3, -0.25) is 0 Å². The number of hydrogen-bond acceptors (Lipinski definition) is 2. The van der Waals surface area contributed by atoms with Gasteiger partial charge in [-0.25, -0.2) is 4.98 Å². The molecule has 0 saturated heterocycles. The molecule has 0 amide bonds. The Morgan fingerprint density at radius 1 is 1.30 bits per heavy atom. The Morgan fingerprint density at radius 2 is 2.10 bits per heavy atom. The quantitative estimate of drug-likeness (QED) is 0.734. The summed E-state index contributed by atoms with van der Waals surface area (Å²) in [5.74, 6) is 2.03. The third-order valence-corrected chi connectivity index (χ3v) is 4.91. The largest absolute Gasteiger partial charge is 0.356 e. The highest BCUT2D eigenvalue weighted by Crippen LogP contribution is 2.31. The number of rotatable bonds is 5. The molecule has 1 heterocycles. The molecule has 0 unspecified atom stereocenters. The van der Waals surface area contributed by atoms with Crippen molar-refractivity contribution in [3.63, 3.8) is 0 Å². The predicted octanol–water partition coefficient (Wildman–Crippen LogP) is 4.76. The van der Waals surface area contributed by atoms with Crippen LogP contribution in [0.15, 0.2) is 30.3 Å². The van der Waals surface area contributed by atoms with E-state index in [1.165, 1.54) is 30.2 Å². The van der Waals surface area contributed by atoms with Crippen molar-refractivity contribution < 1.29 is 0 Å². The summed E-state index contributed by atoms with van der Waals surface area (Å²) in [6.07, 6.45) is 4.17. The van der Waals surface area contributed by atoms with E-state index in [-0.39, 0.29) is 0 Å². The van der Waals surface area contributed by atoms with Gasteiger partial charge in [-0.2, -0.15) is 0 Å². The molecule has 106 valence electrons. The third kappa shape index (κ3) is 2.69. The maximum absolute atomic E-state index is 4.92. The van der Waals surface area contributed by atoms with E-state index >= 15 is 0 Å². The number of fused-ring (bicyclic) bond motifs is 1. The maximum Gasteiger partial charge on any atom is 0.133 e. The Morgan fingerprint density at radius 3 is 2.75 bits per heavy atom. The molecule has 3 heteroatoms. The van der Waals surface area contributed by atoms with Crippen molar-refractivity contribution >= 4 is 32.7 Å². The van der Waals surface area contributed by atoms with Gasteiger partial charge in [0.05, 0.1) is 5.52 Å². The van der Waals surface area contributed by atoms with Gasteiger partial charge >= 0.3 is 0 Å². The highest BCUT2D eigenvalue weighted by atomic mass is 79.9. The van der Waals surface area contributed by atoms with E-state index in [0.717, 1.165) is 35.7 Å². The topological polar surface area (TPSA) is 16.1 Å². The van der Waals surface area contributed by atoms with Crippen LogP contribution >= 0.6 is 15.9 Å². The molecule has 0 spiro atoms. The maximum atomic E-state index is 4.92. The Kier molecular flexibility index (Phi) is 4.25. The normalized spacial score (nSPS) is 15.3. The zero-order valence-corrected chi connectivity index (χ0v) is 13.6. The van der Waals surface area contributed by atoms with Gasteiger partial charge in [0.1, 0.15) is 5.82 Å². The molecule has 1 saturated carbocycles. The van der Waals surface area contributed by atoms with Crippen molar-refractivity contribution in [2.45, 2.75) is 31.5 Å². The van der Waals surface area contributed by atoms with Crippen LogP contribution in [0.3, 0.4) is 0 Å². The summed E-state index contributed by atoms with van der Waals surface area (Å²) in [6.45, 7) is 4.41. The van der Waals surface area contributed by atoms with Gasteiger partial charge in [-0.1, -0.05) is 40.5 Å². The number of alkyl halides is 1. The average molecular weight is 333 g/mol. The molecule has 1 aliphatic carbocycles. The smallest absolute Gasteiger partial charge is 0.133 e. The highest BCUT2D eigenvalue weighted by Gasteiger charge is 2.22. The minimum atomic E-state index is 0.862. The molecule has 1 fully saturated rings. The number of pyridine rings is 1. The first kappa shape index (κ1) is 13.9. The van der Waals surface area contributed by atoms with Crippen LogP contribution in [-0.2, 0) is 5.33 Å². The van der Waals surface area contributed by atoms with E-state index in [0.29, 0.717) is 0 Å². The van der Waals surface area contributed by atoms with Gasteiger partial charge in [0.25, 0.3) is 0 Å². The van der Waals surface area contributed by atoms with Crippen LogP contribution in [-0.4, -0.2) is 18.1 Å². The second-order valence-corrected chi connectivity index (χ2v) is 6.19. The molecule has 20 heavy (non-hydrogen) atoms. The minimum absolute atomic E-state index is 0.862. The van der Waals surface area contributed by atoms with E-state index in [9.17, 15) is 0 Å². The Balaban J connectivity index is 1.98. The lowest BCUT2D eigenvalue weighted by Crippen LogP contribution is -2.33. The molecule has 1 aromatic carbocycles. The summed E-state index contributed by atoms with van der Waals surface area (Å²) in [5, 5.41) is 2.09. The van der Waals surface area contributed by atoms with Gasteiger partial charge < -0.3 is 4.90 Å². The van der Waals surface area contributed by atoms with Crippen molar-refractivity contribution in [1.82, 2.24) is 4.98 Å². The van der Waals surface area contributed by atoms with Gasteiger partial charge in [0, 0.05) is 29.4 Å². The lowest BCUT2D eigenvalue weighted by Gasteiger charge is -2.33. The molecular formula is C17H21BrN2. The van der Waals surface area contributed by atoms with E-state index in [2.05, 4.69) is 58.1 Å². The van der Waals surface area contributed by atoms with Crippen LogP contribution < -0.4 is 4.90 Å². The van der Waals surface area contributed by atoms with Crippen LogP contribution in [0, 0.1) is 5.92 Å². The van der Waals surface area contributed by atoms with Gasteiger partial charge in [-0.05, 0) is 37.8 Å². The molecule has 0 bridgehead atoms. The number of halogens is 1. The van der Waals surface area contributed by atoms with Crippen LogP contribution in [0.2, 0.25) is 0 Å². The number of hydrogen-bond donors (Lipinski definition) is 0. The summed E-state index contributed by atoms with van der Waals surface area (Å²) in [4.78, 5) is 7.38. The summed E-state index contributed by atoms with van der Waals surface area (Å²) in [5.41, 5.74) is 2.39. The van der Waals surface area contributed by atoms with Crippen LogP contribution in [0.4, 0.5) is 5.82 Å². The summed E-state index contributed by atoms with van der Waals surface area (Å²) >= 11 is 3.62. The SMILES string of the molecule is CCN(CC1CCC1)c1nc2ccccc2cc1CBr. The first-order valence-corrected chi connectivity index (χ1v) is 8.63. The number of nitrogens with zero attached hydrogens (tertiary/aromatic N) is 2. The van der Waals surface area contributed by atoms with Crippen molar-refractivity contribution in [3.05, 3.63) is 35.9 Å². The Hall–Kier alpha value is -1.09. The summed E-state index contributed by atoms with van der Waals surface area (Å²) < 4.78 is 0. The Labute approximate surface area is 129 Å². The predicted molar refractivity (Wildman–Crippen MR) is 89.6 cm³/mol. The molecule has 1 aliphatic rings. The number of anilines is 1. The fourth-order valence-electron chi connectivity index (χ4n) is 2.87. The van der Waals surface area contributed by atoms with Crippen molar-refractivity contribution in [2.75, 3.05) is 18.0 Å². The number of benzene rings is 1. The summed E-state index contributed by atoms with van der Waals surface area (Å²) in [7, 11) is 0. The van der Waals surface area contributed by atoms with Gasteiger partial charge in [0.15, 0.2) is 0 Å². The first-order chi connectivity index (χ1) is 9.81. The molecular weight excluding hydrogens is 312 g/mol. The average Bonchev–Trinajstić information content (AvgIpc) is 2.45.